The van der Waals surface area contributed by atoms with Crippen molar-refractivity contribution in [3.8, 4) is 0 Å². The van der Waals surface area contributed by atoms with Crippen molar-refractivity contribution >= 4 is 5.91 Å². The summed E-state index contributed by atoms with van der Waals surface area (Å²) in [5, 5.41) is 2.74. The molecule has 0 saturated heterocycles. The van der Waals surface area contributed by atoms with Crippen molar-refractivity contribution in [1.29, 1.82) is 0 Å². The van der Waals surface area contributed by atoms with Gasteiger partial charge < -0.3 is 9.73 Å². The lowest BCUT2D eigenvalue weighted by Gasteiger charge is -2.27. The van der Waals surface area contributed by atoms with Crippen molar-refractivity contribution in [2.45, 2.75) is 72.5 Å². The number of aromatic nitrogens is 1. The molecule has 0 aliphatic heterocycles. The number of carbonyl (C=O) groups excluding carboxylic acids is 1. The molecule has 1 aromatic heterocycles. The number of carbonyl (C=O) groups is 1. The van der Waals surface area contributed by atoms with Crippen LogP contribution in [0.25, 0.3) is 0 Å². The zero-order valence-corrected chi connectivity index (χ0v) is 17.5. The fourth-order valence-electron chi connectivity index (χ4n) is 2.88. The van der Waals surface area contributed by atoms with Gasteiger partial charge in [-0.05, 0) is 36.8 Å². The van der Waals surface area contributed by atoms with Crippen LogP contribution >= 0.6 is 0 Å². The van der Waals surface area contributed by atoms with E-state index < -0.39 is 0 Å². The topological polar surface area (TPSA) is 58.4 Å². The number of hydrogen-bond donors (Lipinski definition) is 1. The van der Waals surface area contributed by atoms with Gasteiger partial charge in [-0.25, -0.2) is 4.98 Å². The molecule has 1 amide bonds. The first-order chi connectivity index (χ1) is 12.7. The monoisotopic (exact) mass is 371 g/mol. The van der Waals surface area contributed by atoms with Gasteiger partial charge in [-0.3, -0.25) is 9.69 Å². The Morgan fingerprint density at radius 3 is 2.41 bits per heavy atom. The van der Waals surface area contributed by atoms with Gasteiger partial charge in [-0.1, -0.05) is 52.0 Å². The van der Waals surface area contributed by atoms with Crippen molar-refractivity contribution in [3.05, 3.63) is 53.2 Å². The number of hydrogen-bond acceptors (Lipinski definition) is 4. The molecule has 5 nitrogen and oxygen atoms in total. The third-order valence-corrected chi connectivity index (χ3v) is 4.88. The summed E-state index contributed by atoms with van der Waals surface area (Å²) in [6.45, 7) is 14.9. The molecule has 0 aliphatic rings. The maximum absolute atomic E-state index is 11.9. The molecule has 1 unspecified atom stereocenters. The van der Waals surface area contributed by atoms with Gasteiger partial charge in [-0.2, -0.15) is 0 Å². The van der Waals surface area contributed by atoms with Crippen molar-refractivity contribution < 1.29 is 9.21 Å². The maximum Gasteiger partial charge on any atom is 0.273 e. The van der Waals surface area contributed by atoms with Gasteiger partial charge in [0, 0.05) is 19.1 Å². The Balaban J connectivity index is 2.11. The minimum Gasteiger partial charge on any atom is -0.447 e. The smallest absolute Gasteiger partial charge is 0.273 e. The highest BCUT2D eigenvalue weighted by molar-refractivity contribution is 5.91. The van der Waals surface area contributed by atoms with Crippen LogP contribution in [-0.4, -0.2) is 28.4 Å². The fraction of sp³-hybridized carbons (Fsp3) is 0.545. The molecule has 1 aromatic carbocycles. The molecule has 0 spiro atoms. The van der Waals surface area contributed by atoms with Crippen LogP contribution in [0.5, 0.6) is 0 Å². The summed E-state index contributed by atoms with van der Waals surface area (Å²) < 4.78 is 5.55. The molecule has 5 heteroatoms. The SMILES string of the molecule is CCNC(=O)c1coc(CN(Cc2ccc(C(C)(C)C)cc2)C(C)CC)n1. The van der Waals surface area contributed by atoms with Gasteiger partial charge in [0.15, 0.2) is 5.69 Å². The van der Waals surface area contributed by atoms with Gasteiger partial charge in [0.05, 0.1) is 6.54 Å². The van der Waals surface area contributed by atoms with Crippen LogP contribution in [0.15, 0.2) is 34.9 Å². The lowest BCUT2D eigenvalue weighted by Crippen LogP contribution is -2.32. The molecule has 0 saturated carbocycles. The predicted molar refractivity (Wildman–Crippen MR) is 109 cm³/mol. The van der Waals surface area contributed by atoms with E-state index in [1.807, 2.05) is 6.92 Å². The molecule has 0 bridgehead atoms. The van der Waals surface area contributed by atoms with E-state index >= 15 is 0 Å². The standard InChI is InChI=1S/C22H33N3O2/c1-7-16(3)25(13-17-9-11-18(12-10-17)22(4,5)6)14-20-24-19(15-27-20)21(26)23-8-2/h9-12,15-16H,7-8,13-14H2,1-6H3,(H,23,26). The molecule has 0 aliphatic carbocycles. The average Bonchev–Trinajstić information content (AvgIpc) is 3.09. The number of rotatable bonds is 8. The van der Waals surface area contributed by atoms with Gasteiger partial charge in [0.2, 0.25) is 5.89 Å². The molecular weight excluding hydrogens is 338 g/mol. The largest absolute Gasteiger partial charge is 0.447 e. The summed E-state index contributed by atoms with van der Waals surface area (Å²) in [5.41, 5.74) is 3.09. The first kappa shape index (κ1) is 21.2. The number of nitrogens with one attached hydrogen (secondary N) is 1. The summed E-state index contributed by atoms with van der Waals surface area (Å²) in [5.74, 6) is 0.378. The quantitative estimate of drug-likeness (QED) is 0.741. The van der Waals surface area contributed by atoms with Crippen molar-refractivity contribution in [2.75, 3.05) is 6.54 Å². The highest BCUT2D eigenvalue weighted by Gasteiger charge is 2.19. The second-order valence-electron chi connectivity index (χ2n) is 8.10. The van der Waals surface area contributed by atoms with E-state index in [2.05, 4.69) is 74.1 Å². The van der Waals surface area contributed by atoms with Gasteiger partial charge >= 0.3 is 0 Å². The second kappa shape index (κ2) is 9.18. The fourth-order valence-corrected chi connectivity index (χ4v) is 2.88. The van der Waals surface area contributed by atoms with Crippen LogP contribution in [0.3, 0.4) is 0 Å². The summed E-state index contributed by atoms with van der Waals surface area (Å²) in [7, 11) is 0. The number of benzene rings is 1. The molecule has 1 N–H and O–H groups in total. The van der Waals surface area contributed by atoms with Crippen molar-refractivity contribution in [2.24, 2.45) is 0 Å². The van der Waals surface area contributed by atoms with E-state index in [-0.39, 0.29) is 11.3 Å². The first-order valence-electron chi connectivity index (χ1n) is 9.80. The van der Waals surface area contributed by atoms with Crippen LogP contribution in [0.1, 0.15) is 75.5 Å². The molecule has 1 heterocycles. The van der Waals surface area contributed by atoms with Gasteiger partial charge in [0.1, 0.15) is 6.26 Å². The van der Waals surface area contributed by atoms with E-state index in [1.165, 1.54) is 17.4 Å². The zero-order chi connectivity index (χ0) is 20.0. The van der Waals surface area contributed by atoms with Crippen LogP contribution in [0.2, 0.25) is 0 Å². The third-order valence-electron chi connectivity index (χ3n) is 4.88. The van der Waals surface area contributed by atoms with Crippen LogP contribution in [0.4, 0.5) is 0 Å². The first-order valence-corrected chi connectivity index (χ1v) is 9.80. The molecular formula is C22H33N3O2. The Morgan fingerprint density at radius 1 is 1.19 bits per heavy atom. The Morgan fingerprint density at radius 2 is 1.85 bits per heavy atom. The van der Waals surface area contributed by atoms with E-state index in [1.54, 1.807) is 0 Å². The summed E-state index contributed by atoms with van der Waals surface area (Å²) >= 11 is 0. The van der Waals surface area contributed by atoms with Gasteiger partial charge in [0.25, 0.3) is 5.91 Å². The Labute approximate surface area is 163 Å². The molecule has 148 valence electrons. The normalized spacial score (nSPS) is 13.0. The van der Waals surface area contributed by atoms with Crippen molar-refractivity contribution in [3.63, 3.8) is 0 Å². The Hall–Kier alpha value is -2.14. The summed E-state index contributed by atoms with van der Waals surface area (Å²) in [4.78, 5) is 18.6. The minimum atomic E-state index is -0.194. The summed E-state index contributed by atoms with van der Waals surface area (Å²) in [6.07, 6.45) is 2.47. The van der Waals surface area contributed by atoms with Crippen molar-refractivity contribution in [1.82, 2.24) is 15.2 Å². The van der Waals surface area contributed by atoms with Crippen LogP contribution in [0, 0.1) is 0 Å². The zero-order valence-electron chi connectivity index (χ0n) is 17.5. The minimum absolute atomic E-state index is 0.155. The number of amides is 1. The van der Waals surface area contributed by atoms with Crippen LogP contribution in [-0.2, 0) is 18.5 Å². The maximum atomic E-state index is 11.9. The van der Waals surface area contributed by atoms with E-state index in [9.17, 15) is 4.79 Å². The third kappa shape index (κ3) is 5.93. The highest BCUT2D eigenvalue weighted by atomic mass is 16.3. The predicted octanol–water partition coefficient (Wildman–Crippen LogP) is 4.52. The second-order valence-corrected chi connectivity index (χ2v) is 8.10. The molecule has 0 radical (unpaired) electrons. The highest BCUT2D eigenvalue weighted by Crippen LogP contribution is 2.23. The molecule has 2 rings (SSSR count). The van der Waals surface area contributed by atoms with E-state index in [0.717, 1.165) is 13.0 Å². The lowest BCUT2D eigenvalue weighted by atomic mass is 9.87. The Bertz CT molecular complexity index is 729. The molecule has 2 aromatic rings. The lowest BCUT2D eigenvalue weighted by molar-refractivity contribution is 0.0950. The Kier molecular flexibility index (Phi) is 7.19. The summed E-state index contributed by atoms with van der Waals surface area (Å²) in [6, 6.07) is 9.20. The van der Waals surface area contributed by atoms with E-state index in [0.29, 0.717) is 30.7 Å². The van der Waals surface area contributed by atoms with Crippen LogP contribution < -0.4 is 5.32 Å². The average molecular weight is 372 g/mol. The number of oxazole rings is 1. The molecule has 1 atom stereocenters. The molecule has 0 fully saturated rings. The number of nitrogens with zero attached hydrogens (tertiary/aromatic N) is 2. The van der Waals surface area contributed by atoms with Gasteiger partial charge in [-0.15, -0.1) is 0 Å². The van der Waals surface area contributed by atoms with E-state index in [4.69, 9.17) is 4.42 Å². The molecule has 27 heavy (non-hydrogen) atoms.